The van der Waals surface area contributed by atoms with Gasteiger partial charge < -0.3 is 33.2 Å². The lowest BCUT2D eigenvalue weighted by Gasteiger charge is -2.52. The Hall–Kier alpha value is -4.64. The van der Waals surface area contributed by atoms with E-state index in [4.69, 9.17) is 33.2 Å². The Balaban J connectivity index is 1.20. The third kappa shape index (κ3) is 10.2. The van der Waals surface area contributed by atoms with Crippen molar-refractivity contribution in [2.75, 3.05) is 20.3 Å². The minimum atomic E-state index is -1.43. The van der Waals surface area contributed by atoms with E-state index >= 15 is 0 Å². The summed E-state index contributed by atoms with van der Waals surface area (Å²) >= 11 is 3.88. The van der Waals surface area contributed by atoms with Gasteiger partial charge in [-0.05, 0) is 76.4 Å². The lowest BCUT2D eigenvalue weighted by molar-refractivity contribution is -0.385. The van der Waals surface area contributed by atoms with Crippen molar-refractivity contribution in [1.82, 2.24) is 0 Å². The smallest absolute Gasteiger partial charge is 0.225 e. The van der Waals surface area contributed by atoms with Crippen molar-refractivity contribution in [3.05, 3.63) is 207 Å². The Labute approximate surface area is 356 Å². The van der Waals surface area contributed by atoms with E-state index in [1.807, 2.05) is 72.8 Å². The second-order valence-corrected chi connectivity index (χ2v) is 16.0. The molecule has 0 aromatic heterocycles. The summed E-state index contributed by atoms with van der Waals surface area (Å²) in [5.74, 6) is -0.450. The average Bonchev–Trinajstić information content (AvgIpc) is 3.29. The summed E-state index contributed by atoms with van der Waals surface area (Å²) in [6.07, 6.45) is 0.0628. The van der Waals surface area contributed by atoms with Crippen molar-refractivity contribution in [3.63, 3.8) is 0 Å². The third-order valence-electron chi connectivity index (χ3n) is 11.0. The predicted molar refractivity (Wildman–Crippen MR) is 232 cm³/mol. The molecule has 6 aromatic rings. The minimum Gasteiger partial charge on any atom is -0.493 e. The molecule has 8 heteroatoms. The van der Waals surface area contributed by atoms with Gasteiger partial charge in [0.15, 0.2) is 0 Å². The summed E-state index contributed by atoms with van der Waals surface area (Å²) < 4.78 is 48.5. The quantitative estimate of drug-likeness (QED) is 0.0905. The van der Waals surface area contributed by atoms with Crippen LogP contribution in [0.1, 0.15) is 50.9 Å². The van der Waals surface area contributed by atoms with Gasteiger partial charge in [-0.3, -0.25) is 0 Å². The molecule has 0 spiro atoms. The fourth-order valence-corrected chi connectivity index (χ4v) is 8.41. The summed E-state index contributed by atoms with van der Waals surface area (Å²) in [4.78, 5) is 0. The van der Waals surface area contributed by atoms with Gasteiger partial charge in [-0.25, -0.2) is 0 Å². The summed E-state index contributed by atoms with van der Waals surface area (Å²) in [6, 6.07) is 53.5. The molecule has 0 N–H and O–H groups in total. The monoisotopic (exact) mass is 854 g/mol. The Morgan fingerprint density at radius 1 is 0.610 bits per heavy atom. The fourth-order valence-electron chi connectivity index (χ4n) is 8.02. The SMILES string of the molecule is COC1(c2ccc(Br)c(Cc3ccc4c(c3)CCCO4)c2)OC(COCc2ccccc2)C(OCc2ccccc2)C(OCc2ccccc2)C1OCc1ccccc1. The van der Waals surface area contributed by atoms with E-state index in [2.05, 4.69) is 101 Å². The lowest BCUT2D eigenvalue weighted by atomic mass is 9.86. The lowest BCUT2D eigenvalue weighted by Crippen LogP contribution is -2.66. The van der Waals surface area contributed by atoms with Crippen LogP contribution in [0, 0.1) is 0 Å². The first-order chi connectivity index (χ1) is 29.1. The summed E-state index contributed by atoms with van der Waals surface area (Å²) in [5.41, 5.74) is 8.49. The molecule has 2 aliphatic heterocycles. The molecular formula is C51H51BrO7. The van der Waals surface area contributed by atoms with Crippen molar-refractivity contribution in [3.8, 4) is 5.75 Å². The molecule has 2 aliphatic rings. The van der Waals surface area contributed by atoms with Gasteiger partial charge in [0.25, 0.3) is 0 Å². The van der Waals surface area contributed by atoms with Gasteiger partial charge in [0, 0.05) is 17.1 Å². The summed E-state index contributed by atoms with van der Waals surface area (Å²) in [6.45, 7) is 2.35. The molecule has 0 radical (unpaired) electrons. The maximum Gasteiger partial charge on any atom is 0.225 e. The van der Waals surface area contributed by atoms with Crippen LogP contribution in [-0.4, -0.2) is 44.7 Å². The van der Waals surface area contributed by atoms with Gasteiger partial charge in [-0.15, -0.1) is 0 Å². The molecular weight excluding hydrogens is 804 g/mol. The third-order valence-corrected chi connectivity index (χ3v) is 11.8. The largest absolute Gasteiger partial charge is 0.493 e. The average molecular weight is 856 g/mol. The van der Waals surface area contributed by atoms with E-state index in [1.54, 1.807) is 7.11 Å². The Morgan fingerprint density at radius 2 is 1.19 bits per heavy atom. The molecule has 7 nitrogen and oxygen atoms in total. The molecule has 59 heavy (non-hydrogen) atoms. The normalized spacial score (nSPS) is 21.4. The highest BCUT2D eigenvalue weighted by atomic mass is 79.9. The maximum atomic E-state index is 7.34. The first-order valence-corrected chi connectivity index (χ1v) is 21.2. The van der Waals surface area contributed by atoms with Crippen LogP contribution in [0.15, 0.2) is 162 Å². The van der Waals surface area contributed by atoms with Crippen molar-refractivity contribution < 1.29 is 33.2 Å². The van der Waals surface area contributed by atoms with Crippen molar-refractivity contribution in [1.29, 1.82) is 0 Å². The number of ether oxygens (including phenoxy) is 7. The summed E-state index contributed by atoms with van der Waals surface area (Å²) in [5, 5.41) is 0. The van der Waals surface area contributed by atoms with Crippen molar-refractivity contribution in [2.24, 2.45) is 0 Å². The summed E-state index contributed by atoms with van der Waals surface area (Å²) in [7, 11) is 1.69. The molecule has 2 heterocycles. The number of hydrogen-bond acceptors (Lipinski definition) is 7. The number of halogens is 1. The fraction of sp³-hybridized carbons (Fsp3) is 0.294. The van der Waals surface area contributed by atoms with E-state index in [0.29, 0.717) is 32.8 Å². The van der Waals surface area contributed by atoms with E-state index in [9.17, 15) is 0 Å². The zero-order valence-electron chi connectivity index (χ0n) is 33.4. The zero-order chi connectivity index (χ0) is 40.3. The van der Waals surface area contributed by atoms with Gasteiger partial charge in [-0.2, -0.15) is 0 Å². The first-order valence-electron chi connectivity index (χ1n) is 20.4. The molecule has 0 aliphatic carbocycles. The zero-order valence-corrected chi connectivity index (χ0v) is 35.0. The van der Waals surface area contributed by atoms with Gasteiger partial charge >= 0.3 is 0 Å². The van der Waals surface area contributed by atoms with Gasteiger partial charge in [-0.1, -0.05) is 155 Å². The standard InChI is InChI=1S/C51H51BrO7/c1-53-51(44-25-26-45(52)43(31-44)30-41-24-27-46-42(29-41)23-14-28-55-46)50(58-35-40-21-12-5-13-22-40)49(57-34-39-19-10-4-11-20-39)48(56-33-38-17-8-3-9-18-38)47(59-51)36-54-32-37-15-6-2-7-16-37/h2-13,15-22,24-27,29,31,47-50H,14,23,28,30,32-36H2,1H3. The second kappa shape index (κ2) is 20.1. The minimum absolute atomic E-state index is 0.219. The molecule has 6 aromatic carbocycles. The van der Waals surface area contributed by atoms with Crippen molar-refractivity contribution >= 4 is 15.9 Å². The van der Waals surface area contributed by atoms with Gasteiger partial charge in [0.05, 0.1) is 39.6 Å². The van der Waals surface area contributed by atoms with E-state index in [0.717, 1.165) is 63.1 Å². The molecule has 5 atom stereocenters. The second-order valence-electron chi connectivity index (χ2n) is 15.1. The number of benzene rings is 6. The van der Waals surface area contributed by atoms with E-state index in [-0.39, 0.29) is 6.61 Å². The van der Waals surface area contributed by atoms with Crippen LogP contribution in [0.3, 0.4) is 0 Å². The van der Waals surface area contributed by atoms with Crippen LogP contribution in [-0.2, 0) is 73.5 Å². The maximum absolute atomic E-state index is 7.34. The van der Waals surface area contributed by atoms with Crippen LogP contribution in [0.4, 0.5) is 0 Å². The van der Waals surface area contributed by atoms with Crippen LogP contribution in [0.5, 0.6) is 5.75 Å². The molecule has 1 fully saturated rings. The molecule has 0 saturated carbocycles. The number of aryl methyl sites for hydroxylation is 1. The molecule has 8 rings (SSSR count). The van der Waals surface area contributed by atoms with Crippen molar-refractivity contribution in [2.45, 2.75) is 75.9 Å². The van der Waals surface area contributed by atoms with E-state index < -0.39 is 30.2 Å². The molecule has 5 unspecified atom stereocenters. The Bertz CT molecular complexity index is 2200. The highest BCUT2D eigenvalue weighted by Gasteiger charge is 2.58. The van der Waals surface area contributed by atoms with Gasteiger partial charge in [0.1, 0.15) is 30.2 Å². The Kier molecular flexibility index (Phi) is 14.0. The molecule has 304 valence electrons. The molecule has 0 amide bonds. The first kappa shape index (κ1) is 41.1. The number of fused-ring (bicyclic) bond motifs is 1. The molecule has 1 saturated heterocycles. The van der Waals surface area contributed by atoms with Crippen LogP contribution < -0.4 is 4.74 Å². The number of methoxy groups -OCH3 is 1. The Morgan fingerprint density at radius 3 is 1.80 bits per heavy atom. The van der Waals surface area contributed by atoms with Crippen LogP contribution >= 0.6 is 15.9 Å². The highest BCUT2D eigenvalue weighted by molar-refractivity contribution is 9.10. The highest BCUT2D eigenvalue weighted by Crippen LogP contribution is 2.45. The number of rotatable bonds is 17. The van der Waals surface area contributed by atoms with E-state index in [1.165, 1.54) is 11.1 Å². The number of hydrogen-bond donors (Lipinski definition) is 0. The van der Waals surface area contributed by atoms with Crippen LogP contribution in [0.2, 0.25) is 0 Å². The molecule has 0 bridgehead atoms. The predicted octanol–water partition coefficient (Wildman–Crippen LogP) is 10.5. The van der Waals surface area contributed by atoms with Gasteiger partial charge in [0.2, 0.25) is 5.79 Å². The topological polar surface area (TPSA) is 64.6 Å². The van der Waals surface area contributed by atoms with Crippen LogP contribution in [0.25, 0.3) is 0 Å².